The van der Waals surface area contributed by atoms with Crippen LogP contribution in [-0.2, 0) is 13.1 Å². The molecule has 2 saturated heterocycles. The first-order valence-electron chi connectivity index (χ1n) is 11.1. The highest BCUT2D eigenvalue weighted by Gasteiger charge is 2.43. The van der Waals surface area contributed by atoms with Gasteiger partial charge in [0.05, 0.1) is 0 Å². The molecule has 2 aliphatic heterocycles. The highest BCUT2D eigenvalue weighted by atomic mass is 127. The second-order valence-electron chi connectivity index (χ2n) is 9.18. The maximum Gasteiger partial charge on any atom is 0.193 e. The molecule has 1 aromatic carbocycles. The molecule has 0 amide bonds. The van der Waals surface area contributed by atoms with Crippen molar-refractivity contribution in [2.24, 2.45) is 10.4 Å². The molecule has 1 aliphatic carbocycles. The lowest BCUT2D eigenvalue weighted by Gasteiger charge is -2.38. The molecule has 0 unspecified atom stereocenters. The first-order chi connectivity index (χ1) is 13.7. The fourth-order valence-corrected chi connectivity index (χ4v) is 4.99. The summed E-state index contributed by atoms with van der Waals surface area (Å²) in [6, 6.07) is 9.15. The molecule has 1 saturated carbocycles. The Kier molecular flexibility index (Phi) is 8.22. The van der Waals surface area contributed by atoms with Gasteiger partial charge in [-0.3, -0.25) is 9.89 Å². The number of benzene rings is 1. The van der Waals surface area contributed by atoms with Gasteiger partial charge in [0.15, 0.2) is 5.96 Å². The molecule has 0 bridgehead atoms. The van der Waals surface area contributed by atoms with E-state index in [-0.39, 0.29) is 24.0 Å². The summed E-state index contributed by atoms with van der Waals surface area (Å²) in [7, 11) is 4.14. The number of nitrogens with zero attached hydrogens (tertiary/aromatic N) is 4. The van der Waals surface area contributed by atoms with Crippen LogP contribution in [0.4, 0.5) is 0 Å². The average molecular weight is 511 g/mol. The largest absolute Gasteiger partial charge is 0.352 e. The van der Waals surface area contributed by atoms with E-state index in [2.05, 4.69) is 56.3 Å². The van der Waals surface area contributed by atoms with Gasteiger partial charge in [-0.05, 0) is 62.4 Å². The third-order valence-electron chi connectivity index (χ3n) is 7.06. The molecular weight excluding hydrogens is 473 g/mol. The monoisotopic (exact) mass is 511 g/mol. The Morgan fingerprint density at radius 3 is 2.38 bits per heavy atom. The van der Waals surface area contributed by atoms with Gasteiger partial charge in [0.1, 0.15) is 0 Å². The number of hydrogen-bond donors (Lipinski definition) is 1. The molecule has 6 heteroatoms. The van der Waals surface area contributed by atoms with E-state index in [1.165, 1.54) is 76.0 Å². The summed E-state index contributed by atoms with van der Waals surface area (Å²) in [5, 5.41) is 3.59. The molecule has 4 rings (SSSR count). The van der Waals surface area contributed by atoms with Crippen LogP contribution in [0.2, 0.25) is 0 Å². The standard InChI is InChI=1S/C23H37N5.HI/c1-24-22(28-14-11-23(19-28)9-3-10-23)25-17-20-5-7-21(8-6-20)18-27-13-4-12-26(2)15-16-27;/h5-8H,3-4,9-19H2,1-2H3,(H,24,25);1H. The van der Waals surface area contributed by atoms with E-state index in [1.54, 1.807) is 0 Å². The van der Waals surface area contributed by atoms with Crippen molar-refractivity contribution in [3.63, 3.8) is 0 Å². The molecule has 3 aliphatic rings. The minimum atomic E-state index is 0. The number of guanidine groups is 1. The Morgan fingerprint density at radius 2 is 1.72 bits per heavy atom. The van der Waals surface area contributed by atoms with Crippen LogP contribution in [0.5, 0.6) is 0 Å². The summed E-state index contributed by atoms with van der Waals surface area (Å²) in [6.07, 6.45) is 6.86. The van der Waals surface area contributed by atoms with Crippen molar-refractivity contribution in [1.29, 1.82) is 0 Å². The smallest absolute Gasteiger partial charge is 0.193 e. The number of hydrogen-bond acceptors (Lipinski definition) is 3. The van der Waals surface area contributed by atoms with E-state index in [9.17, 15) is 0 Å². The maximum atomic E-state index is 4.54. The highest BCUT2D eigenvalue weighted by Crippen LogP contribution is 2.47. The highest BCUT2D eigenvalue weighted by molar-refractivity contribution is 14.0. The van der Waals surface area contributed by atoms with Gasteiger partial charge in [0.2, 0.25) is 0 Å². The normalized spacial score (nSPS) is 22.8. The average Bonchev–Trinajstić information content (AvgIpc) is 3.04. The Morgan fingerprint density at radius 1 is 0.966 bits per heavy atom. The second-order valence-corrected chi connectivity index (χ2v) is 9.18. The van der Waals surface area contributed by atoms with E-state index >= 15 is 0 Å². The first kappa shape index (κ1) is 22.8. The lowest BCUT2D eigenvalue weighted by molar-refractivity contribution is 0.151. The zero-order valence-corrected chi connectivity index (χ0v) is 20.5. The number of halogens is 1. The number of likely N-dealkylation sites (tertiary alicyclic amines) is 1. The van der Waals surface area contributed by atoms with Crippen LogP contribution in [-0.4, -0.2) is 74.0 Å². The Balaban J connectivity index is 0.00000240. The van der Waals surface area contributed by atoms with Gasteiger partial charge in [-0.2, -0.15) is 0 Å². The summed E-state index contributed by atoms with van der Waals surface area (Å²) >= 11 is 0. The molecule has 5 nitrogen and oxygen atoms in total. The van der Waals surface area contributed by atoms with Gasteiger partial charge in [-0.25, -0.2) is 0 Å². The number of rotatable bonds is 4. The summed E-state index contributed by atoms with van der Waals surface area (Å²) < 4.78 is 0. The van der Waals surface area contributed by atoms with Crippen molar-refractivity contribution in [2.45, 2.75) is 45.2 Å². The molecule has 1 N–H and O–H groups in total. The van der Waals surface area contributed by atoms with Crippen LogP contribution in [0.3, 0.4) is 0 Å². The molecule has 0 radical (unpaired) electrons. The predicted octanol–water partition coefficient (Wildman–Crippen LogP) is 3.39. The van der Waals surface area contributed by atoms with E-state index < -0.39 is 0 Å². The van der Waals surface area contributed by atoms with Gasteiger partial charge in [0, 0.05) is 46.3 Å². The van der Waals surface area contributed by atoms with Crippen molar-refractivity contribution in [2.75, 3.05) is 53.4 Å². The minimum absolute atomic E-state index is 0. The fourth-order valence-electron chi connectivity index (χ4n) is 4.99. The molecule has 0 aromatic heterocycles. The van der Waals surface area contributed by atoms with Crippen LogP contribution in [0, 0.1) is 5.41 Å². The van der Waals surface area contributed by atoms with Crippen LogP contribution in [0.25, 0.3) is 0 Å². The van der Waals surface area contributed by atoms with Crippen molar-refractivity contribution in [3.05, 3.63) is 35.4 Å². The van der Waals surface area contributed by atoms with E-state index in [0.717, 1.165) is 25.6 Å². The fraction of sp³-hybridized carbons (Fsp3) is 0.696. The zero-order chi connectivity index (χ0) is 19.4. The lowest BCUT2D eigenvalue weighted by Crippen LogP contribution is -2.42. The van der Waals surface area contributed by atoms with Crippen molar-refractivity contribution >= 4 is 29.9 Å². The van der Waals surface area contributed by atoms with Gasteiger partial charge < -0.3 is 15.1 Å². The Bertz CT molecular complexity index is 670. The van der Waals surface area contributed by atoms with E-state index in [0.29, 0.717) is 5.41 Å². The molecule has 29 heavy (non-hydrogen) atoms. The molecule has 2 heterocycles. The number of likely N-dealkylation sites (N-methyl/N-ethyl adjacent to an activating group) is 1. The van der Waals surface area contributed by atoms with Crippen molar-refractivity contribution in [1.82, 2.24) is 20.0 Å². The van der Waals surface area contributed by atoms with Crippen LogP contribution < -0.4 is 5.32 Å². The molecular formula is C23H38IN5. The van der Waals surface area contributed by atoms with Crippen LogP contribution in [0.15, 0.2) is 29.3 Å². The SMILES string of the molecule is CN=C(NCc1ccc(CN2CCCN(C)CC2)cc1)N1CCC2(CCC2)C1.I. The van der Waals surface area contributed by atoms with E-state index in [4.69, 9.17) is 0 Å². The zero-order valence-electron chi connectivity index (χ0n) is 18.2. The molecule has 1 aromatic rings. The first-order valence-corrected chi connectivity index (χ1v) is 11.1. The Hall–Kier alpha value is -0.860. The van der Waals surface area contributed by atoms with Gasteiger partial charge in [-0.15, -0.1) is 24.0 Å². The molecule has 3 fully saturated rings. The van der Waals surface area contributed by atoms with Crippen molar-refractivity contribution in [3.8, 4) is 0 Å². The van der Waals surface area contributed by atoms with E-state index in [1.807, 2.05) is 7.05 Å². The summed E-state index contributed by atoms with van der Waals surface area (Å²) in [5.41, 5.74) is 3.36. The van der Waals surface area contributed by atoms with Crippen LogP contribution in [0.1, 0.15) is 43.2 Å². The number of nitrogens with one attached hydrogen (secondary N) is 1. The molecule has 162 valence electrons. The van der Waals surface area contributed by atoms with Crippen LogP contribution >= 0.6 is 24.0 Å². The molecule has 0 atom stereocenters. The minimum Gasteiger partial charge on any atom is -0.352 e. The molecule has 1 spiro atoms. The number of aliphatic imine (C=N–C) groups is 1. The summed E-state index contributed by atoms with van der Waals surface area (Å²) in [6.45, 7) is 9.05. The van der Waals surface area contributed by atoms with Gasteiger partial charge in [-0.1, -0.05) is 30.7 Å². The van der Waals surface area contributed by atoms with Crippen molar-refractivity contribution < 1.29 is 0 Å². The third-order valence-corrected chi connectivity index (χ3v) is 7.06. The lowest BCUT2D eigenvalue weighted by atomic mass is 9.68. The predicted molar refractivity (Wildman–Crippen MR) is 132 cm³/mol. The van der Waals surface area contributed by atoms with Gasteiger partial charge >= 0.3 is 0 Å². The second kappa shape index (κ2) is 10.4. The quantitative estimate of drug-likeness (QED) is 0.382. The van der Waals surface area contributed by atoms with Gasteiger partial charge in [0.25, 0.3) is 0 Å². The topological polar surface area (TPSA) is 34.1 Å². The summed E-state index contributed by atoms with van der Waals surface area (Å²) in [5.74, 6) is 1.07. The maximum absolute atomic E-state index is 4.54. The Labute approximate surface area is 193 Å². The summed E-state index contributed by atoms with van der Waals surface area (Å²) in [4.78, 5) is 12.0. The third kappa shape index (κ3) is 5.85.